The third-order valence-electron chi connectivity index (χ3n) is 4.93. The molecule has 0 spiro atoms. The van der Waals surface area contributed by atoms with Crippen molar-refractivity contribution in [3.05, 3.63) is 12.7 Å². The molecule has 302 valence electrons. The second-order valence-electron chi connectivity index (χ2n) is 17.3. The van der Waals surface area contributed by atoms with Gasteiger partial charge in [0.1, 0.15) is 0 Å². The molecule has 0 radical (unpaired) electrons. The first-order chi connectivity index (χ1) is 21.1. The molecule has 0 aliphatic heterocycles. The van der Waals surface area contributed by atoms with Gasteiger partial charge in [0.25, 0.3) is 9.28 Å². The maximum absolute atomic E-state index is 9.26. The summed E-state index contributed by atoms with van der Waals surface area (Å²) < 4.78 is 48.1. The van der Waals surface area contributed by atoms with Crippen LogP contribution < -0.4 is 0 Å². The van der Waals surface area contributed by atoms with Gasteiger partial charge in [0.15, 0.2) is 33.3 Å². The Labute approximate surface area is 327 Å². The van der Waals surface area contributed by atoms with Crippen molar-refractivity contribution in [2.24, 2.45) is 0 Å². The summed E-state index contributed by atoms with van der Waals surface area (Å²) in [5.41, 5.74) is 0. The van der Waals surface area contributed by atoms with E-state index in [4.69, 9.17) is 39.3 Å². The van der Waals surface area contributed by atoms with Gasteiger partial charge in [0.2, 0.25) is 0 Å². The van der Waals surface area contributed by atoms with Gasteiger partial charge >= 0.3 is 25.7 Å². The number of rotatable bonds is 22. The molecule has 49 heavy (non-hydrogen) atoms. The quantitative estimate of drug-likeness (QED) is 0.0627. The zero-order valence-electron chi connectivity index (χ0n) is 35.2. The number of aliphatic hydroxyl groups is 2. The van der Waals surface area contributed by atoms with E-state index in [0.717, 1.165) is 12.5 Å². The minimum atomic E-state index is -2.32. The van der Waals surface area contributed by atoms with E-state index in [1.54, 1.807) is 19.9 Å². The molecule has 0 saturated carbocycles. The van der Waals surface area contributed by atoms with Crippen LogP contribution in [0.1, 0.15) is 20.3 Å². The van der Waals surface area contributed by atoms with Crippen LogP contribution >= 0.6 is 0 Å². The molecule has 0 heterocycles. The van der Waals surface area contributed by atoms with Gasteiger partial charge in [-0.2, -0.15) is 0 Å². The molecular formula is C30H80O10PtSi8. The Morgan fingerprint density at radius 3 is 1.37 bits per heavy atom. The van der Waals surface area contributed by atoms with Crippen LogP contribution in [-0.4, -0.2) is 117 Å². The molecule has 0 fully saturated rings. The standard InChI is InChI=1S/C15H40O5Si4.C9H28O3Si4.C6H12O2.Pt/c1-15(16)14-17-12-11-13-24(10,19-22(5,6)7)20-23(8,9)18-21(2,3)4;1-13(10-14(2,3)4)11-16(8,9)12-15(5,6)7;1-3-4-8-5-6(2)7;/h15-16H,11-14H2,1-10H3;13H,1-9H3;3,6-7H,1,4-5H2,2H3;. The van der Waals surface area contributed by atoms with E-state index < -0.39 is 74.3 Å². The zero-order chi connectivity index (χ0) is 38.8. The molecular weight excluding hydrogens is 940 g/mol. The molecule has 19 heteroatoms. The molecule has 0 saturated heterocycles. The van der Waals surface area contributed by atoms with Crippen LogP contribution in [0, 0.1) is 0 Å². The molecule has 2 N–H and O–H groups in total. The SMILES string of the molecule is C=CCOCC(C)O.CC(O)COCCC[Si](C)(O[Si](C)(C)C)O[Si](C)(C)O[Si](C)(C)C.C[SiH](O[Si](C)(C)C)O[Si](C)(C)O[Si](C)(C)C.[Pt]. The molecule has 4 atom stereocenters. The Bertz CT molecular complexity index is 847. The summed E-state index contributed by atoms with van der Waals surface area (Å²) in [4.78, 5) is 0. The van der Waals surface area contributed by atoms with E-state index in [2.05, 4.69) is 124 Å². The number of hydrogen-bond donors (Lipinski definition) is 2. The van der Waals surface area contributed by atoms with Crippen LogP contribution in [0.4, 0.5) is 0 Å². The summed E-state index contributed by atoms with van der Waals surface area (Å²) in [7, 11) is -14.4. The second kappa shape index (κ2) is 25.8. The Morgan fingerprint density at radius 1 is 0.592 bits per heavy atom. The van der Waals surface area contributed by atoms with Gasteiger partial charge < -0.3 is 44.4 Å². The van der Waals surface area contributed by atoms with Crippen molar-refractivity contribution in [1.82, 2.24) is 0 Å². The predicted octanol–water partition coefficient (Wildman–Crippen LogP) is 8.09. The normalized spacial score (nSPS) is 16.1. The van der Waals surface area contributed by atoms with Crippen molar-refractivity contribution in [2.75, 3.05) is 26.4 Å². The number of hydrogen-bond acceptors (Lipinski definition) is 10. The Balaban J connectivity index is -0.000000348. The van der Waals surface area contributed by atoms with E-state index in [9.17, 15) is 5.11 Å². The van der Waals surface area contributed by atoms with Crippen LogP contribution in [0.15, 0.2) is 12.7 Å². The van der Waals surface area contributed by atoms with Gasteiger partial charge in [0, 0.05) is 27.7 Å². The topological polar surface area (TPSA) is 114 Å². The maximum Gasteiger partial charge on any atom is 0.315 e. The molecule has 0 aromatic heterocycles. The smallest absolute Gasteiger partial charge is 0.315 e. The van der Waals surface area contributed by atoms with Gasteiger partial charge in [-0.05, 0) is 144 Å². The molecule has 0 aliphatic rings. The minimum absolute atomic E-state index is 0. The fourth-order valence-electron chi connectivity index (χ4n) is 4.80. The average molecular weight is 1020 g/mol. The summed E-state index contributed by atoms with van der Waals surface area (Å²) in [6.07, 6.45) is 1.76. The van der Waals surface area contributed by atoms with E-state index in [-0.39, 0.29) is 27.2 Å². The Morgan fingerprint density at radius 2 is 1.00 bits per heavy atom. The Hall–Kier alpha value is 1.76. The summed E-state index contributed by atoms with van der Waals surface area (Å²) in [6.45, 7) is 48.0. The molecule has 4 unspecified atom stereocenters. The van der Waals surface area contributed by atoms with Gasteiger partial charge in [0.05, 0.1) is 32.0 Å². The Kier molecular flexibility index (Phi) is 30.2. The minimum Gasteiger partial charge on any atom is -0.439 e. The maximum atomic E-state index is 9.26. The van der Waals surface area contributed by atoms with Crippen LogP contribution in [0.2, 0.25) is 124 Å². The molecule has 10 nitrogen and oxygen atoms in total. The zero-order valence-corrected chi connectivity index (χ0v) is 45.7. The number of ether oxygens (including phenoxy) is 2. The van der Waals surface area contributed by atoms with Crippen LogP contribution in [0.25, 0.3) is 0 Å². The summed E-state index contributed by atoms with van der Waals surface area (Å²) in [5.74, 6) is 0. The summed E-state index contributed by atoms with van der Waals surface area (Å²) in [5, 5.41) is 17.9. The predicted molar refractivity (Wildman–Crippen MR) is 224 cm³/mol. The molecule has 0 amide bonds. The van der Waals surface area contributed by atoms with E-state index in [1.165, 1.54) is 0 Å². The van der Waals surface area contributed by atoms with Gasteiger partial charge in [-0.3, -0.25) is 0 Å². The van der Waals surface area contributed by atoms with Crippen LogP contribution in [0.5, 0.6) is 0 Å². The molecule has 0 aliphatic carbocycles. The molecule has 0 bridgehead atoms. The number of aliphatic hydroxyl groups excluding tert-OH is 2. The summed E-state index contributed by atoms with van der Waals surface area (Å²) in [6, 6.07) is 0.891. The monoisotopic (exact) mass is 1020 g/mol. The van der Waals surface area contributed by atoms with Crippen LogP contribution in [0.3, 0.4) is 0 Å². The summed E-state index contributed by atoms with van der Waals surface area (Å²) >= 11 is 0. The van der Waals surface area contributed by atoms with E-state index in [0.29, 0.717) is 26.4 Å². The first kappa shape index (κ1) is 57.5. The molecule has 0 rings (SSSR count). The molecule has 0 aromatic carbocycles. The average Bonchev–Trinajstić information content (AvgIpc) is 2.72. The van der Waals surface area contributed by atoms with Gasteiger partial charge in [-0.15, -0.1) is 6.58 Å². The second-order valence-corrected chi connectivity index (χ2v) is 48.8. The van der Waals surface area contributed by atoms with Crippen molar-refractivity contribution in [1.29, 1.82) is 0 Å². The van der Waals surface area contributed by atoms with Crippen molar-refractivity contribution < 1.29 is 65.4 Å². The van der Waals surface area contributed by atoms with Crippen LogP contribution in [-0.2, 0) is 55.2 Å². The van der Waals surface area contributed by atoms with Crippen molar-refractivity contribution in [3.63, 3.8) is 0 Å². The van der Waals surface area contributed by atoms with E-state index in [1.807, 2.05) is 0 Å². The van der Waals surface area contributed by atoms with Crippen molar-refractivity contribution >= 4 is 68.2 Å². The first-order valence-electron chi connectivity index (χ1n) is 17.4. The third kappa shape index (κ3) is 45.8. The van der Waals surface area contributed by atoms with E-state index >= 15 is 0 Å². The van der Waals surface area contributed by atoms with Gasteiger partial charge in [-0.25, -0.2) is 0 Å². The van der Waals surface area contributed by atoms with Gasteiger partial charge in [-0.1, -0.05) is 6.08 Å². The first-order valence-corrected chi connectivity index (χ1v) is 41.3. The van der Waals surface area contributed by atoms with Crippen molar-refractivity contribution in [2.45, 2.75) is 156 Å². The molecule has 0 aromatic rings. The fraction of sp³-hybridized carbons (Fsp3) is 0.933. The van der Waals surface area contributed by atoms with Crippen molar-refractivity contribution in [3.8, 4) is 0 Å². The largest absolute Gasteiger partial charge is 0.439 e. The fourth-order valence-corrected chi connectivity index (χ4v) is 37.1. The third-order valence-corrected chi connectivity index (χ3v) is 30.6.